The van der Waals surface area contributed by atoms with Crippen molar-refractivity contribution in [3.8, 4) is 22.8 Å². The van der Waals surface area contributed by atoms with E-state index in [1.807, 2.05) is 45.2 Å². The minimum atomic E-state index is -1.78. The number of benzene rings is 4. The zero-order valence-electron chi connectivity index (χ0n) is 35.2. The Morgan fingerprint density at radius 2 is 1.08 bits per heavy atom. The molecule has 0 spiro atoms. The molecule has 4 heterocycles. The number of nitrogens with one attached hydrogen (secondary N) is 2. The molecule has 6 aromatic rings. The van der Waals surface area contributed by atoms with Gasteiger partial charge in [0.05, 0.1) is 58.8 Å². The number of aromatic nitrogens is 2. The van der Waals surface area contributed by atoms with Gasteiger partial charge in [-0.3, -0.25) is 34.4 Å². The molecule has 4 N–H and O–H groups in total. The van der Waals surface area contributed by atoms with Gasteiger partial charge in [0.25, 0.3) is 23.6 Å². The molecule has 4 aromatic carbocycles. The highest BCUT2D eigenvalue weighted by molar-refractivity contribution is 14.1. The molecule has 16 nitrogen and oxygen atoms in total. The lowest BCUT2D eigenvalue weighted by Crippen LogP contribution is -2.40. The normalized spacial score (nSPS) is 13.0. The summed E-state index contributed by atoms with van der Waals surface area (Å²) in [4.78, 5) is 72.6. The second kappa shape index (κ2) is 18.1. The van der Waals surface area contributed by atoms with Crippen molar-refractivity contribution in [2.45, 2.75) is 52.7 Å². The Hall–Kier alpha value is -5.78. The molecule has 326 valence electrons. The van der Waals surface area contributed by atoms with E-state index in [9.17, 15) is 38.8 Å². The lowest BCUT2D eigenvalue weighted by Gasteiger charge is -2.21. The van der Waals surface area contributed by atoms with Gasteiger partial charge < -0.3 is 29.0 Å². The molecule has 0 saturated heterocycles. The van der Waals surface area contributed by atoms with Gasteiger partial charge in [0.1, 0.15) is 22.7 Å². The van der Waals surface area contributed by atoms with Gasteiger partial charge >= 0.3 is 19.3 Å². The van der Waals surface area contributed by atoms with Crippen LogP contribution < -0.4 is 25.7 Å². The van der Waals surface area contributed by atoms with Crippen LogP contribution in [0.4, 0.5) is 9.59 Å². The zero-order chi connectivity index (χ0) is 46.3. The van der Waals surface area contributed by atoms with Crippen LogP contribution in [-0.4, -0.2) is 87.5 Å². The van der Waals surface area contributed by atoms with Gasteiger partial charge in [-0.15, -0.1) is 0 Å². The van der Waals surface area contributed by atoms with E-state index < -0.39 is 42.3 Å². The number of rotatable bonds is 4. The van der Waals surface area contributed by atoms with Crippen molar-refractivity contribution in [2.75, 3.05) is 14.2 Å². The first-order valence-corrected chi connectivity index (χ1v) is 21.2. The van der Waals surface area contributed by atoms with E-state index in [0.717, 1.165) is 13.5 Å². The van der Waals surface area contributed by atoms with E-state index in [1.54, 1.807) is 121 Å². The molecular formula is C44H41BI2N4O12. The van der Waals surface area contributed by atoms with E-state index in [1.165, 1.54) is 17.7 Å². The summed E-state index contributed by atoms with van der Waals surface area (Å²) in [5.41, 5.74) is 2.28. The van der Waals surface area contributed by atoms with Crippen LogP contribution in [0, 0.1) is 7.14 Å². The summed E-state index contributed by atoms with van der Waals surface area (Å²) in [7, 11) is 1.32. The predicted octanol–water partition coefficient (Wildman–Crippen LogP) is 6.88. The molecule has 2 aliphatic heterocycles. The number of ether oxygens (including phenoxy) is 4. The minimum Gasteiger partial charge on any atom is -0.497 e. The summed E-state index contributed by atoms with van der Waals surface area (Å²) in [6.07, 6.45) is -1.24. The van der Waals surface area contributed by atoms with Gasteiger partial charge in [-0.05, 0) is 153 Å². The van der Waals surface area contributed by atoms with Crippen LogP contribution >= 0.6 is 45.2 Å². The van der Waals surface area contributed by atoms with Gasteiger partial charge in [0.2, 0.25) is 0 Å². The Labute approximate surface area is 388 Å². The topological polar surface area (TPSA) is 214 Å². The maximum atomic E-state index is 13.1. The van der Waals surface area contributed by atoms with Crippen LogP contribution in [-0.2, 0) is 9.47 Å². The van der Waals surface area contributed by atoms with Crippen LogP contribution in [0.25, 0.3) is 33.1 Å². The first-order valence-electron chi connectivity index (χ1n) is 19.1. The number of fused-ring (bicyclic) bond motifs is 4. The third kappa shape index (κ3) is 9.90. The molecule has 0 fully saturated rings. The van der Waals surface area contributed by atoms with E-state index in [4.69, 9.17) is 18.9 Å². The van der Waals surface area contributed by atoms with Crippen LogP contribution in [0.2, 0.25) is 0 Å². The maximum Gasteiger partial charge on any atom is 0.506 e. The van der Waals surface area contributed by atoms with Crippen molar-refractivity contribution in [3.05, 3.63) is 108 Å². The number of methoxy groups -OCH3 is 2. The lowest BCUT2D eigenvalue weighted by molar-refractivity contribution is 0.0536. The summed E-state index contributed by atoms with van der Waals surface area (Å²) in [6.45, 7) is 10.6. The summed E-state index contributed by atoms with van der Waals surface area (Å²) in [5.74, 6) is -0.266. The number of nitrogens with zero attached hydrogens (tertiary/aromatic N) is 2. The predicted molar refractivity (Wildman–Crippen MR) is 251 cm³/mol. The van der Waals surface area contributed by atoms with Gasteiger partial charge in [-0.25, -0.2) is 14.2 Å². The Bertz CT molecular complexity index is 2870. The SMILES string of the molecule is COc1ccc2c(c1)cc(-c1ccc(I)c3c1C(=O)NC3=O)n2C(=O)OC(C)(C)C.COc1ccc2c(c1)cc(B(O)O)n2C(=O)OC(C)(C)C.O=C1NC(=O)c2c(I)cccc21. The molecule has 19 heteroatoms. The van der Waals surface area contributed by atoms with E-state index >= 15 is 0 Å². The molecule has 0 radical (unpaired) electrons. The second-order valence-corrected chi connectivity index (χ2v) is 18.4. The van der Waals surface area contributed by atoms with Gasteiger partial charge in [-0.2, -0.15) is 0 Å². The van der Waals surface area contributed by atoms with Gasteiger partial charge in [0.15, 0.2) is 0 Å². The third-order valence-corrected chi connectivity index (χ3v) is 11.1. The minimum absolute atomic E-state index is 0.0486. The lowest BCUT2D eigenvalue weighted by atomic mass is 9.86. The monoisotopic (exact) mass is 1080 g/mol. The van der Waals surface area contributed by atoms with Crippen molar-refractivity contribution >= 4 is 116 Å². The van der Waals surface area contributed by atoms with Crippen molar-refractivity contribution in [1.29, 1.82) is 0 Å². The first-order chi connectivity index (χ1) is 29.5. The number of halogens is 2. The van der Waals surface area contributed by atoms with E-state index in [2.05, 4.69) is 10.6 Å². The van der Waals surface area contributed by atoms with Crippen LogP contribution in [0.1, 0.15) is 83.0 Å². The highest BCUT2D eigenvalue weighted by Gasteiger charge is 2.35. The quantitative estimate of drug-likeness (QED) is 0.0809. The number of carbonyl (C=O) groups excluding carboxylic acids is 6. The molecule has 0 saturated carbocycles. The molecule has 0 aliphatic carbocycles. The maximum absolute atomic E-state index is 13.1. The Morgan fingerprint density at radius 3 is 1.62 bits per heavy atom. The van der Waals surface area contributed by atoms with Crippen LogP contribution in [0.3, 0.4) is 0 Å². The summed E-state index contributed by atoms with van der Waals surface area (Å²) in [5, 5.41) is 24.9. The Balaban J connectivity index is 0.000000173. The van der Waals surface area contributed by atoms with Crippen molar-refractivity contribution in [3.63, 3.8) is 0 Å². The molecule has 0 atom stereocenters. The molecular weight excluding hydrogens is 1040 g/mol. The van der Waals surface area contributed by atoms with Gasteiger partial charge in [-0.1, -0.05) is 12.1 Å². The fourth-order valence-corrected chi connectivity index (χ4v) is 8.16. The van der Waals surface area contributed by atoms with E-state index in [0.29, 0.717) is 59.4 Å². The first kappa shape index (κ1) is 46.7. The fraction of sp³-hybridized carbons (Fsp3) is 0.227. The summed E-state index contributed by atoms with van der Waals surface area (Å²) < 4.78 is 25.4. The largest absolute Gasteiger partial charge is 0.506 e. The number of carbonyl (C=O) groups is 6. The average molecular weight is 1080 g/mol. The smallest absolute Gasteiger partial charge is 0.497 e. The van der Waals surface area contributed by atoms with Crippen LogP contribution in [0.15, 0.2) is 78.9 Å². The standard InChI is InChI=1S/C22H19IN2O5.C14H18BNO5.C8H4INO2/c1-22(2,3)30-21(28)25-15-8-5-12(29-4)9-11(15)10-16(25)13-6-7-14(23)18-17(13)19(26)24-20(18)27;1-14(2,3)21-13(17)16-11-6-5-10(20-4)7-9(11)8-12(16)15(18)19;9-5-3-1-2-4-6(5)8(12)10-7(4)11/h5-10H,1-4H3,(H,24,26,27);5-8,18-19H,1-4H3;1-3H,(H,10,11,12). The molecule has 0 unspecified atom stereocenters. The van der Waals surface area contributed by atoms with Gasteiger partial charge in [0, 0.05) is 23.5 Å². The second-order valence-electron chi connectivity index (χ2n) is 16.0. The Morgan fingerprint density at radius 1 is 0.587 bits per heavy atom. The van der Waals surface area contributed by atoms with Crippen LogP contribution in [0.5, 0.6) is 11.5 Å². The number of amides is 4. The van der Waals surface area contributed by atoms with Crippen molar-refractivity contribution in [2.24, 2.45) is 0 Å². The summed E-state index contributed by atoms with van der Waals surface area (Å²) >= 11 is 4.06. The molecule has 63 heavy (non-hydrogen) atoms. The molecule has 2 aromatic heterocycles. The molecule has 2 aliphatic rings. The average Bonchev–Trinajstić information content (AvgIpc) is 3.94. The highest BCUT2D eigenvalue weighted by atomic mass is 127. The number of imide groups is 2. The molecule has 0 bridgehead atoms. The van der Waals surface area contributed by atoms with E-state index in [-0.39, 0.29) is 23.0 Å². The fourth-order valence-electron chi connectivity index (χ4n) is 6.72. The van der Waals surface area contributed by atoms with Crippen molar-refractivity contribution < 1.29 is 57.8 Å². The molecule has 8 rings (SSSR count). The summed E-state index contributed by atoms with van der Waals surface area (Å²) in [6, 6.07) is 22.4. The van der Waals surface area contributed by atoms with Crippen molar-refractivity contribution in [1.82, 2.24) is 19.8 Å². The number of hydrogen-bond acceptors (Lipinski definition) is 12. The zero-order valence-corrected chi connectivity index (χ0v) is 39.5. The highest BCUT2D eigenvalue weighted by Crippen LogP contribution is 2.37. The Kier molecular flexibility index (Phi) is 13.5. The third-order valence-electron chi connectivity index (χ3n) is 9.29. The number of hydrogen-bond donors (Lipinski definition) is 4. The molecule has 4 amide bonds.